The summed E-state index contributed by atoms with van der Waals surface area (Å²) in [5, 5.41) is 0. The van der Waals surface area contributed by atoms with E-state index >= 15 is 0 Å². The molecule has 11 heavy (non-hydrogen) atoms. The van der Waals surface area contributed by atoms with Crippen LogP contribution >= 0.6 is 0 Å². The lowest BCUT2D eigenvalue weighted by molar-refractivity contribution is 0.404. The SMILES string of the molecule is C.CC(C)CF.CCC(C)C. The molecule has 1 heteroatoms. The van der Waals surface area contributed by atoms with Crippen LogP contribution in [0.25, 0.3) is 0 Å². The molecule has 0 aromatic heterocycles. The zero-order valence-corrected chi connectivity index (χ0v) is 7.95. The Morgan fingerprint density at radius 1 is 1.00 bits per heavy atom. The summed E-state index contributed by atoms with van der Waals surface area (Å²) in [5.74, 6) is 1.10. The fourth-order valence-electron chi connectivity index (χ4n) is 0. The molecule has 0 amide bonds. The van der Waals surface area contributed by atoms with Crippen LogP contribution in [0, 0.1) is 11.8 Å². The Bertz CT molecular complexity index is 40.8. The molecule has 0 aromatic rings. The Kier molecular flexibility index (Phi) is 19.6. The second-order valence-electron chi connectivity index (χ2n) is 3.35. The van der Waals surface area contributed by atoms with Crippen LogP contribution in [-0.2, 0) is 0 Å². The van der Waals surface area contributed by atoms with Crippen molar-refractivity contribution in [1.29, 1.82) is 0 Å². The first-order valence-corrected chi connectivity index (χ1v) is 4.10. The van der Waals surface area contributed by atoms with Crippen molar-refractivity contribution in [2.45, 2.75) is 48.5 Å². The highest BCUT2D eigenvalue weighted by Gasteiger charge is 1.83. The molecule has 0 radical (unpaired) electrons. The van der Waals surface area contributed by atoms with E-state index in [1.165, 1.54) is 6.42 Å². The lowest BCUT2D eigenvalue weighted by atomic mass is 10.2. The molecular weight excluding hydrogens is 139 g/mol. The molecule has 0 aliphatic rings. The van der Waals surface area contributed by atoms with Gasteiger partial charge in [0.05, 0.1) is 6.67 Å². The highest BCUT2D eigenvalue weighted by Crippen LogP contribution is 1.93. The molecule has 0 saturated heterocycles. The highest BCUT2D eigenvalue weighted by atomic mass is 19.1. The summed E-state index contributed by atoms with van der Waals surface area (Å²) in [6, 6.07) is 0. The third-order valence-corrected chi connectivity index (χ3v) is 1.13. The summed E-state index contributed by atoms with van der Waals surface area (Å²) in [7, 11) is 0. The Labute approximate surface area is 72.2 Å². The maximum absolute atomic E-state index is 11.1. The first kappa shape index (κ1) is 17.1. The van der Waals surface area contributed by atoms with Crippen LogP contribution < -0.4 is 0 Å². The van der Waals surface area contributed by atoms with Crippen LogP contribution in [0.5, 0.6) is 0 Å². The van der Waals surface area contributed by atoms with E-state index in [0.717, 1.165) is 5.92 Å². The van der Waals surface area contributed by atoms with Gasteiger partial charge in [-0.1, -0.05) is 48.5 Å². The Hall–Kier alpha value is -0.0700. The van der Waals surface area contributed by atoms with Crippen molar-refractivity contribution >= 4 is 0 Å². The van der Waals surface area contributed by atoms with Crippen molar-refractivity contribution in [1.82, 2.24) is 0 Å². The molecule has 0 fully saturated rings. The van der Waals surface area contributed by atoms with E-state index in [2.05, 4.69) is 20.8 Å². The van der Waals surface area contributed by atoms with Crippen molar-refractivity contribution in [3.8, 4) is 0 Å². The van der Waals surface area contributed by atoms with Gasteiger partial charge in [-0.25, -0.2) is 0 Å². The average Bonchev–Trinajstić information content (AvgIpc) is 1.89. The van der Waals surface area contributed by atoms with Crippen molar-refractivity contribution in [2.75, 3.05) is 6.67 Å². The van der Waals surface area contributed by atoms with Gasteiger partial charge in [-0.2, -0.15) is 0 Å². The quantitative estimate of drug-likeness (QED) is 0.571. The van der Waals surface area contributed by atoms with Crippen LogP contribution in [-0.4, -0.2) is 6.67 Å². The van der Waals surface area contributed by atoms with Crippen LogP contribution in [0.1, 0.15) is 48.5 Å². The van der Waals surface area contributed by atoms with Crippen LogP contribution in [0.4, 0.5) is 4.39 Å². The molecular formula is C10H25F. The summed E-state index contributed by atoms with van der Waals surface area (Å²) in [4.78, 5) is 0. The second-order valence-corrected chi connectivity index (χ2v) is 3.35. The number of halogens is 1. The number of alkyl halides is 1. The van der Waals surface area contributed by atoms with Gasteiger partial charge < -0.3 is 0 Å². The van der Waals surface area contributed by atoms with E-state index in [1.54, 1.807) is 0 Å². The van der Waals surface area contributed by atoms with Crippen molar-refractivity contribution in [2.24, 2.45) is 11.8 Å². The first-order valence-electron chi connectivity index (χ1n) is 4.10. The van der Waals surface area contributed by atoms with Gasteiger partial charge in [-0.05, 0) is 11.8 Å². The van der Waals surface area contributed by atoms with E-state index < -0.39 is 0 Å². The fourth-order valence-corrected chi connectivity index (χ4v) is 0. The van der Waals surface area contributed by atoms with Gasteiger partial charge in [0.1, 0.15) is 0 Å². The number of hydrogen-bond donors (Lipinski definition) is 0. The molecule has 0 aliphatic carbocycles. The Balaban J connectivity index is -0.000000107. The van der Waals surface area contributed by atoms with Gasteiger partial charge in [0.15, 0.2) is 0 Å². The molecule has 0 nitrogen and oxygen atoms in total. The maximum atomic E-state index is 11.1. The molecule has 0 N–H and O–H groups in total. The van der Waals surface area contributed by atoms with E-state index in [1.807, 2.05) is 13.8 Å². The topological polar surface area (TPSA) is 0 Å². The van der Waals surface area contributed by atoms with Crippen molar-refractivity contribution in [3.05, 3.63) is 0 Å². The normalized spacial score (nSPS) is 8.73. The highest BCUT2D eigenvalue weighted by molar-refractivity contribution is 4.33. The van der Waals surface area contributed by atoms with Gasteiger partial charge >= 0.3 is 0 Å². The molecule has 0 atom stereocenters. The molecule has 0 aliphatic heterocycles. The lowest BCUT2D eigenvalue weighted by Crippen LogP contribution is -1.84. The van der Waals surface area contributed by atoms with Gasteiger partial charge in [-0.3, -0.25) is 4.39 Å². The predicted octanol–water partition coefficient (Wildman–Crippen LogP) is 4.30. The summed E-state index contributed by atoms with van der Waals surface area (Å²) < 4.78 is 11.1. The van der Waals surface area contributed by atoms with Gasteiger partial charge in [0.25, 0.3) is 0 Å². The molecule has 72 valence electrons. The van der Waals surface area contributed by atoms with E-state index in [-0.39, 0.29) is 20.0 Å². The average molecular weight is 164 g/mol. The van der Waals surface area contributed by atoms with Crippen molar-refractivity contribution in [3.63, 3.8) is 0 Å². The van der Waals surface area contributed by atoms with E-state index in [0.29, 0.717) is 0 Å². The Morgan fingerprint density at radius 2 is 1.18 bits per heavy atom. The first-order chi connectivity index (χ1) is 4.54. The van der Waals surface area contributed by atoms with Crippen LogP contribution in [0.3, 0.4) is 0 Å². The molecule has 0 saturated carbocycles. The lowest BCUT2D eigenvalue weighted by Gasteiger charge is -1.90. The second kappa shape index (κ2) is 12.6. The summed E-state index contributed by atoms with van der Waals surface area (Å²) in [6.45, 7) is 10.1. The third kappa shape index (κ3) is 40.4. The summed E-state index contributed by atoms with van der Waals surface area (Å²) in [6.07, 6.45) is 1.31. The minimum atomic E-state index is -0.194. The zero-order chi connectivity index (χ0) is 8.57. The fraction of sp³-hybridized carbons (Fsp3) is 1.00. The number of rotatable bonds is 2. The van der Waals surface area contributed by atoms with E-state index in [9.17, 15) is 4.39 Å². The number of hydrogen-bond acceptors (Lipinski definition) is 0. The molecule has 0 aromatic carbocycles. The Morgan fingerprint density at radius 3 is 1.18 bits per heavy atom. The standard InChI is InChI=1S/C5H12.C4H9F.CH4/c1-4-5(2)3;1-4(2)3-5;/h5H,4H2,1-3H3;4H,3H2,1-2H3;1H4. The van der Waals surface area contributed by atoms with Gasteiger partial charge in [-0.15, -0.1) is 0 Å². The van der Waals surface area contributed by atoms with E-state index in [4.69, 9.17) is 0 Å². The predicted molar refractivity (Wildman–Crippen MR) is 52.7 cm³/mol. The third-order valence-electron chi connectivity index (χ3n) is 1.13. The van der Waals surface area contributed by atoms with Crippen molar-refractivity contribution < 1.29 is 4.39 Å². The minimum absolute atomic E-state index is 0. The molecule has 0 rings (SSSR count). The molecule has 0 unspecified atom stereocenters. The summed E-state index contributed by atoms with van der Waals surface area (Å²) in [5.41, 5.74) is 0. The van der Waals surface area contributed by atoms with Crippen LogP contribution in [0.2, 0.25) is 0 Å². The maximum Gasteiger partial charge on any atom is 0.0917 e. The monoisotopic (exact) mass is 164 g/mol. The van der Waals surface area contributed by atoms with Gasteiger partial charge in [0.2, 0.25) is 0 Å². The largest absolute Gasteiger partial charge is 0.251 e. The zero-order valence-electron chi connectivity index (χ0n) is 7.95. The summed E-state index contributed by atoms with van der Waals surface area (Å²) >= 11 is 0. The smallest absolute Gasteiger partial charge is 0.0917 e. The molecule has 0 bridgehead atoms. The van der Waals surface area contributed by atoms with Gasteiger partial charge in [0, 0.05) is 0 Å². The molecule has 0 heterocycles. The molecule has 0 spiro atoms. The minimum Gasteiger partial charge on any atom is -0.251 e. The van der Waals surface area contributed by atoms with Crippen LogP contribution in [0.15, 0.2) is 0 Å².